The summed E-state index contributed by atoms with van der Waals surface area (Å²) >= 11 is 8.72. The maximum absolute atomic E-state index is 11.9. The maximum atomic E-state index is 11.9. The van der Waals surface area contributed by atoms with Crippen LogP contribution in [-0.4, -0.2) is 34.6 Å². The first-order chi connectivity index (χ1) is 10.6. The lowest BCUT2D eigenvalue weighted by Gasteiger charge is -2.25. The standard InChI is InChI=1S/C14H11BrN2O4S/c15-8-4-2-1-3-7(8)12-16-17(14(22)21-12)9-5-10(18)13-19-6-11(9)20-13/h1-4,9,11,13H,5-6H2/t9-,11-,13+/m0/s1. The number of nitrogens with zero attached hydrogens (tertiary/aromatic N) is 2. The van der Waals surface area contributed by atoms with Crippen molar-refractivity contribution in [1.29, 1.82) is 0 Å². The minimum Gasteiger partial charge on any atom is -0.409 e. The molecule has 0 unspecified atom stereocenters. The van der Waals surface area contributed by atoms with Crippen molar-refractivity contribution < 1.29 is 18.7 Å². The van der Waals surface area contributed by atoms with Crippen LogP contribution in [0.1, 0.15) is 12.5 Å². The molecule has 6 nitrogen and oxygen atoms in total. The number of hydrogen-bond donors (Lipinski definition) is 0. The summed E-state index contributed by atoms with van der Waals surface area (Å²) in [7, 11) is 0. The second-order valence-electron chi connectivity index (χ2n) is 5.18. The van der Waals surface area contributed by atoms with Gasteiger partial charge in [0.25, 0.3) is 4.84 Å². The summed E-state index contributed by atoms with van der Waals surface area (Å²) < 4.78 is 18.9. The van der Waals surface area contributed by atoms with Crippen LogP contribution in [-0.2, 0) is 14.3 Å². The molecule has 1 aromatic heterocycles. The molecule has 0 N–H and O–H groups in total. The van der Waals surface area contributed by atoms with Crippen molar-refractivity contribution in [2.45, 2.75) is 24.9 Å². The molecule has 2 aliphatic rings. The summed E-state index contributed by atoms with van der Waals surface area (Å²) in [5.41, 5.74) is 0.802. The number of fused-ring (bicyclic) bond motifs is 2. The van der Waals surface area contributed by atoms with Gasteiger partial charge in [-0.15, -0.1) is 5.10 Å². The van der Waals surface area contributed by atoms with Crippen molar-refractivity contribution in [3.63, 3.8) is 0 Å². The Bertz CT molecular complexity index is 802. The van der Waals surface area contributed by atoms with Gasteiger partial charge in [-0.05, 0) is 40.3 Å². The molecule has 0 amide bonds. The van der Waals surface area contributed by atoms with Gasteiger partial charge in [-0.2, -0.15) is 0 Å². The monoisotopic (exact) mass is 382 g/mol. The molecule has 22 heavy (non-hydrogen) atoms. The van der Waals surface area contributed by atoms with Crippen molar-refractivity contribution in [2.24, 2.45) is 0 Å². The summed E-state index contributed by atoms with van der Waals surface area (Å²) in [5.74, 6) is 0.317. The Morgan fingerprint density at radius 2 is 2.18 bits per heavy atom. The fraction of sp³-hybridized carbons (Fsp3) is 0.357. The van der Waals surface area contributed by atoms with Crippen LogP contribution in [0.5, 0.6) is 0 Å². The quantitative estimate of drug-likeness (QED) is 0.743. The van der Waals surface area contributed by atoms with E-state index < -0.39 is 6.29 Å². The minimum absolute atomic E-state index is 0.0916. The average Bonchev–Trinajstić information content (AvgIpc) is 3.09. The third-order valence-corrected chi connectivity index (χ3v) is 4.76. The number of Topliss-reactive ketones (excluding diaryl/α,β-unsaturated/α-hetero) is 1. The normalized spacial score (nSPS) is 27.3. The number of halogens is 1. The summed E-state index contributed by atoms with van der Waals surface area (Å²) in [6.07, 6.45) is -0.678. The Morgan fingerprint density at radius 1 is 1.36 bits per heavy atom. The molecule has 2 saturated heterocycles. The summed E-state index contributed by atoms with van der Waals surface area (Å²) in [6.45, 7) is 0.361. The molecule has 3 atom stereocenters. The van der Waals surface area contributed by atoms with E-state index in [0.29, 0.717) is 12.5 Å². The number of rotatable bonds is 2. The molecule has 114 valence electrons. The third kappa shape index (κ3) is 2.26. The third-order valence-electron chi connectivity index (χ3n) is 3.80. The molecule has 0 spiro atoms. The fourth-order valence-corrected chi connectivity index (χ4v) is 3.42. The number of ether oxygens (including phenoxy) is 2. The minimum atomic E-state index is -0.731. The fourth-order valence-electron chi connectivity index (χ4n) is 2.71. The molecule has 2 bridgehead atoms. The molecule has 3 heterocycles. The zero-order chi connectivity index (χ0) is 15.3. The molecule has 0 saturated carbocycles. The van der Waals surface area contributed by atoms with Gasteiger partial charge < -0.3 is 13.9 Å². The highest BCUT2D eigenvalue weighted by Gasteiger charge is 2.45. The van der Waals surface area contributed by atoms with Gasteiger partial charge in [-0.1, -0.05) is 12.1 Å². The van der Waals surface area contributed by atoms with Gasteiger partial charge in [-0.3, -0.25) is 4.79 Å². The van der Waals surface area contributed by atoms with Crippen LogP contribution >= 0.6 is 28.1 Å². The highest BCUT2D eigenvalue weighted by molar-refractivity contribution is 9.10. The molecule has 2 aliphatic heterocycles. The van der Waals surface area contributed by atoms with Gasteiger partial charge in [0.15, 0.2) is 5.78 Å². The average molecular weight is 383 g/mol. The SMILES string of the molecule is O=C1C[C@H](n2nc(-c3ccccc3Br)oc2=S)[C@@H]2CO[C@@H]1O2. The Balaban J connectivity index is 1.73. The number of hydrogen-bond acceptors (Lipinski definition) is 6. The van der Waals surface area contributed by atoms with E-state index in [9.17, 15) is 4.79 Å². The first-order valence-corrected chi connectivity index (χ1v) is 7.98. The highest BCUT2D eigenvalue weighted by Crippen LogP contribution is 2.34. The van der Waals surface area contributed by atoms with Crippen LogP contribution in [0.2, 0.25) is 0 Å². The van der Waals surface area contributed by atoms with E-state index in [1.165, 1.54) is 0 Å². The molecule has 2 aromatic rings. The van der Waals surface area contributed by atoms with E-state index in [1.807, 2.05) is 24.3 Å². The van der Waals surface area contributed by atoms with Crippen molar-refractivity contribution in [3.05, 3.63) is 33.6 Å². The zero-order valence-electron chi connectivity index (χ0n) is 11.3. The Morgan fingerprint density at radius 3 is 3.00 bits per heavy atom. The number of carbonyl (C=O) groups excluding carboxylic acids is 1. The van der Waals surface area contributed by atoms with Crippen LogP contribution in [0.15, 0.2) is 33.2 Å². The van der Waals surface area contributed by atoms with E-state index >= 15 is 0 Å². The van der Waals surface area contributed by atoms with Gasteiger partial charge in [0.1, 0.15) is 6.10 Å². The van der Waals surface area contributed by atoms with Crippen molar-refractivity contribution in [2.75, 3.05) is 6.61 Å². The van der Waals surface area contributed by atoms with Crippen molar-refractivity contribution in [1.82, 2.24) is 9.78 Å². The second-order valence-corrected chi connectivity index (χ2v) is 6.38. The topological polar surface area (TPSA) is 66.5 Å². The number of benzene rings is 1. The van der Waals surface area contributed by atoms with Crippen LogP contribution in [0.4, 0.5) is 0 Å². The number of carbonyl (C=O) groups is 1. The van der Waals surface area contributed by atoms with Gasteiger partial charge >= 0.3 is 0 Å². The number of aromatic nitrogens is 2. The van der Waals surface area contributed by atoms with E-state index in [0.717, 1.165) is 10.0 Å². The Kier molecular flexibility index (Phi) is 3.48. The predicted molar refractivity (Wildman–Crippen MR) is 81.7 cm³/mol. The molecule has 0 aliphatic carbocycles. The first kappa shape index (κ1) is 14.3. The lowest BCUT2D eigenvalue weighted by atomic mass is 10.0. The molecular weight excluding hydrogens is 372 g/mol. The summed E-state index contributed by atoms with van der Waals surface area (Å²) in [4.78, 5) is 12.1. The summed E-state index contributed by atoms with van der Waals surface area (Å²) in [6, 6.07) is 7.28. The van der Waals surface area contributed by atoms with Crippen LogP contribution in [0, 0.1) is 4.84 Å². The summed E-state index contributed by atoms with van der Waals surface area (Å²) in [5, 5.41) is 4.44. The van der Waals surface area contributed by atoms with E-state index in [4.69, 9.17) is 26.1 Å². The van der Waals surface area contributed by atoms with Crippen molar-refractivity contribution in [3.8, 4) is 11.5 Å². The molecule has 1 aromatic carbocycles. The van der Waals surface area contributed by atoms with E-state index in [2.05, 4.69) is 21.0 Å². The largest absolute Gasteiger partial charge is 0.409 e. The second kappa shape index (κ2) is 5.38. The zero-order valence-corrected chi connectivity index (χ0v) is 13.7. The van der Waals surface area contributed by atoms with E-state index in [-0.39, 0.29) is 29.2 Å². The molecular formula is C14H11BrN2O4S. The Labute approximate surface area is 139 Å². The van der Waals surface area contributed by atoms with Gasteiger partial charge in [0.05, 0.1) is 18.2 Å². The molecule has 8 heteroatoms. The van der Waals surface area contributed by atoms with Crippen LogP contribution < -0.4 is 0 Å². The predicted octanol–water partition coefficient (Wildman–Crippen LogP) is 2.89. The maximum Gasteiger partial charge on any atom is 0.287 e. The highest BCUT2D eigenvalue weighted by atomic mass is 79.9. The lowest BCUT2D eigenvalue weighted by molar-refractivity contribution is -0.156. The van der Waals surface area contributed by atoms with Gasteiger partial charge in [-0.25, -0.2) is 4.68 Å². The number of ketones is 1. The Hall–Kier alpha value is -1.35. The smallest absolute Gasteiger partial charge is 0.287 e. The lowest BCUT2D eigenvalue weighted by Crippen LogP contribution is -2.37. The van der Waals surface area contributed by atoms with Crippen LogP contribution in [0.3, 0.4) is 0 Å². The van der Waals surface area contributed by atoms with Gasteiger partial charge in [0.2, 0.25) is 12.2 Å². The molecule has 2 fully saturated rings. The first-order valence-electron chi connectivity index (χ1n) is 6.78. The molecule has 4 rings (SSSR count). The van der Waals surface area contributed by atoms with Crippen LogP contribution in [0.25, 0.3) is 11.5 Å². The van der Waals surface area contributed by atoms with Gasteiger partial charge in [0, 0.05) is 10.9 Å². The van der Waals surface area contributed by atoms with E-state index in [1.54, 1.807) is 4.68 Å². The molecule has 0 radical (unpaired) electrons. The van der Waals surface area contributed by atoms with Crippen molar-refractivity contribution >= 4 is 33.9 Å².